The molecule has 1 aromatic carbocycles. The average molecular weight is 487 g/mol. The highest BCUT2D eigenvalue weighted by Crippen LogP contribution is 2.38. The first-order chi connectivity index (χ1) is 16.3. The van der Waals surface area contributed by atoms with Crippen molar-refractivity contribution < 1.29 is 13.2 Å². The van der Waals surface area contributed by atoms with Crippen LogP contribution in [0.4, 0.5) is 16.2 Å². The summed E-state index contributed by atoms with van der Waals surface area (Å²) in [6.07, 6.45) is 11.0. The third kappa shape index (κ3) is 4.65. The Morgan fingerprint density at radius 1 is 1.09 bits per heavy atom. The first-order valence-electron chi connectivity index (χ1n) is 12.3. The molecule has 5 rings (SSSR count). The number of likely N-dealkylation sites (tertiary alicyclic amines) is 1. The first kappa shape index (κ1) is 23.2. The van der Waals surface area contributed by atoms with E-state index in [0.29, 0.717) is 12.2 Å². The van der Waals surface area contributed by atoms with Crippen molar-refractivity contribution in [3.05, 3.63) is 40.7 Å². The lowest BCUT2D eigenvalue weighted by Gasteiger charge is -2.33. The van der Waals surface area contributed by atoms with Crippen LogP contribution in [0.5, 0.6) is 0 Å². The zero-order valence-corrected chi connectivity index (χ0v) is 20.8. The van der Waals surface area contributed by atoms with Gasteiger partial charge in [-0.25, -0.2) is 13.8 Å². The van der Waals surface area contributed by atoms with E-state index in [0.717, 1.165) is 70.1 Å². The molecule has 0 radical (unpaired) electrons. The zero-order chi connectivity index (χ0) is 23.9. The maximum absolute atomic E-state index is 13.5. The molecule has 0 unspecified atom stereocenters. The molecule has 2 N–H and O–H groups in total. The number of benzene rings is 1. The van der Waals surface area contributed by atoms with Crippen LogP contribution >= 0.6 is 0 Å². The number of aryl methyl sites for hydroxylation is 3. The van der Waals surface area contributed by atoms with Crippen molar-refractivity contribution >= 4 is 27.6 Å². The van der Waals surface area contributed by atoms with Gasteiger partial charge in [0, 0.05) is 25.5 Å². The Morgan fingerprint density at radius 3 is 2.32 bits per heavy atom. The van der Waals surface area contributed by atoms with Crippen LogP contribution in [0.1, 0.15) is 47.9 Å². The number of piperidine rings is 1. The van der Waals surface area contributed by atoms with Crippen molar-refractivity contribution in [2.24, 2.45) is 13.0 Å². The van der Waals surface area contributed by atoms with Gasteiger partial charge in [-0.15, -0.1) is 0 Å². The molecule has 184 valence electrons. The number of anilines is 2. The average Bonchev–Trinajstić information content (AvgIpc) is 3.53. The van der Waals surface area contributed by atoms with Crippen LogP contribution < -0.4 is 14.3 Å². The Hall–Kier alpha value is -2.59. The van der Waals surface area contributed by atoms with Crippen molar-refractivity contribution in [2.75, 3.05) is 36.3 Å². The lowest BCUT2D eigenvalue weighted by Crippen LogP contribution is -2.48. The predicted molar refractivity (Wildman–Crippen MR) is 132 cm³/mol. The molecule has 0 atom stereocenters. The minimum absolute atomic E-state index is 0.219. The van der Waals surface area contributed by atoms with Gasteiger partial charge in [-0.3, -0.25) is 4.68 Å². The van der Waals surface area contributed by atoms with Crippen LogP contribution in [0.2, 0.25) is 0 Å². The molecule has 2 aliphatic carbocycles. The van der Waals surface area contributed by atoms with Gasteiger partial charge in [0.05, 0.1) is 11.9 Å². The normalized spacial score (nSPS) is 18.5. The molecule has 1 aromatic heterocycles. The molecule has 1 saturated heterocycles. The fourth-order valence-corrected chi connectivity index (χ4v) is 6.81. The molecular formula is C24H34N6O3S. The number of rotatable bonds is 6. The van der Waals surface area contributed by atoms with Gasteiger partial charge in [0.1, 0.15) is 0 Å². The largest absolute Gasteiger partial charge is 0.334 e. The SMILES string of the molecule is CN1CCC(CN(c2cnn(C)c2)S(=O)(=O)NC(=O)Nc2c3c(cc4c2CCC4)CCC3)CC1. The summed E-state index contributed by atoms with van der Waals surface area (Å²) in [5.74, 6) is 0.219. The van der Waals surface area contributed by atoms with E-state index < -0.39 is 16.2 Å². The molecule has 1 aliphatic heterocycles. The predicted octanol–water partition coefficient (Wildman–Crippen LogP) is 2.61. The fraction of sp³-hybridized carbons (Fsp3) is 0.583. The smallest absolute Gasteiger partial charge is 0.307 e. The van der Waals surface area contributed by atoms with Crippen LogP contribution in [0.25, 0.3) is 0 Å². The van der Waals surface area contributed by atoms with E-state index in [1.807, 2.05) is 0 Å². The highest BCUT2D eigenvalue weighted by molar-refractivity contribution is 7.91. The Balaban J connectivity index is 1.36. The monoisotopic (exact) mass is 486 g/mol. The van der Waals surface area contributed by atoms with Gasteiger partial charge in [0.25, 0.3) is 0 Å². The van der Waals surface area contributed by atoms with E-state index in [1.54, 1.807) is 17.9 Å². The lowest BCUT2D eigenvalue weighted by molar-refractivity contribution is 0.224. The standard InChI is InChI=1S/C24H34N6O3S/c1-28-11-9-17(10-12-28)15-30(20-14-25-29(2)16-20)34(32,33)27-24(31)26-23-21-7-3-5-18(21)13-19-6-4-8-22(19)23/h13-14,16-17H,3-12,15H2,1-2H3,(H2,26,27,31). The van der Waals surface area contributed by atoms with E-state index in [1.165, 1.54) is 32.8 Å². The molecule has 3 aliphatic rings. The number of aromatic nitrogens is 2. The number of nitrogens with one attached hydrogen (secondary N) is 2. The summed E-state index contributed by atoms with van der Waals surface area (Å²) in [5.41, 5.74) is 6.21. The number of carbonyl (C=O) groups excluding carboxylic acids is 1. The van der Waals surface area contributed by atoms with Gasteiger partial charge < -0.3 is 10.2 Å². The molecule has 34 heavy (non-hydrogen) atoms. The summed E-state index contributed by atoms with van der Waals surface area (Å²) >= 11 is 0. The Bertz CT molecular complexity index is 1150. The Kier molecular flexibility index (Phi) is 6.28. The van der Waals surface area contributed by atoms with Crippen LogP contribution in [0, 0.1) is 5.92 Å². The molecule has 10 heteroatoms. The van der Waals surface area contributed by atoms with Crippen molar-refractivity contribution in [2.45, 2.75) is 51.4 Å². The Morgan fingerprint density at radius 2 is 1.74 bits per heavy atom. The fourth-order valence-electron chi connectivity index (χ4n) is 5.64. The maximum atomic E-state index is 13.5. The van der Waals surface area contributed by atoms with Gasteiger partial charge >= 0.3 is 16.2 Å². The maximum Gasteiger partial charge on any atom is 0.334 e. The van der Waals surface area contributed by atoms with Crippen LogP contribution in [0.15, 0.2) is 18.5 Å². The number of amides is 2. The van der Waals surface area contributed by atoms with Gasteiger partial charge in [-0.1, -0.05) is 6.07 Å². The molecule has 9 nitrogen and oxygen atoms in total. The second-order valence-electron chi connectivity index (χ2n) is 9.95. The molecule has 0 spiro atoms. The highest BCUT2D eigenvalue weighted by Gasteiger charge is 2.31. The number of hydrogen-bond donors (Lipinski definition) is 2. The van der Waals surface area contributed by atoms with Crippen LogP contribution in [-0.2, 0) is 42.9 Å². The number of urea groups is 1. The lowest BCUT2D eigenvalue weighted by atomic mass is 9.97. The third-order valence-corrected chi connectivity index (χ3v) is 8.85. The van der Waals surface area contributed by atoms with Gasteiger partial charge in [-0.2, -0.15) is 13.5 Å². The van der Waals surface area contributed by atoms with Gasteiger partial charge in [0.15, 0.2) is 0 Å². The second kappa shape index (κ2) is 9.22. The number of hydrogen-bond acceptors (Lipinski definition) is 5. The van der Waals surface area contributed by atoms with Crippen molar-refractivity contribution in [1.29, 1.82) is 0 Å². The van der Waals surface area contributed by atoms with Crippen molar-refractivity contribution in [3.63, 3.8) is 0 Å². The third-order valence-electron chi connectivity index (χ3n) is 7.46. The summed E-state index contributed by atoms with van der Waals surface area (Å²) in [6.45, 7) is 2.19. The minimum Gasteiger partial charge on any atom is -0.307 e. The van der Waals surface area contributed by atoms with Crippen LogP contribution in [-0.4, -0.2) is 55.8 Å². The van der Waals surface area contributed by atoms with Crippen molar-refractivity contribution in [3.8, 4) is 0 Å². The van der Waals surface area contributed by atoms with Crippen molar-refractivity contribution in [1.82, 2.24) is 19.4 Å². The number of fused-ring (bicyclic) bond motifs is 2. The highest BCUT2D eigenvalue weighted by atomic mass is 32.2. The van der Waals surface area contributed by atoms with E-state index in [2.05, 4.69) is 33.2 Å². The molecule has 0 bridgehead atoms. The molecule has 2 aromatic rings. The second-order valence-corrected chi connectivity index (χ2v) is 11.5. The molecule has 0 saturated carbocycles. The van der Waals surface area contributed by atoms with Crippen LogP contribution in [0.3, 0.4) is 0 Å². The number of nitrogens with zero attached hydrogens (tertiary/aromatic N) is 4. The summed E-state index contributed by atoms with van der Waals surface area (Å²) < 4.78 is 32.1. The summed E-state index contributed by atoms with van der Waals surface area (Å²) in [7, 11) is -0.289. The summed E-state index contributed by atoms with van der Waals surface area (Å²) in [5, 5.41) is 7.09. The molecule has 1 fully saturated rings. The number of carbonyl (C=O) groups is 1. The molecule has 2 amide bonds. The molecular weight excluding hydrogens is 452 g/mol. The summed E-state index contributed by atoms with van der Waals surface area (Å²) in [4.78, 5) is 15.3. The Labute approximate surface area is 201 Å². The van der Waals surface area contributed by atoms with E-state index >= 15 is 0 Å². The van der Waals surface area contributed by atoms with E-state index in [9.17, 15) is 13.2 Å². The minimum atomic E-state index is -4.12. The first-order valence-corrected chi connectivity index (χ1v) is 13.7. The summed E-state index contributed by atoms with van der Waals surface area (Å²) in [6, 6.07) is 1.59. The topological polar surface area (TPSA) is 99.6 Å². The van der Waals surface area contributed by atoms with Gasteiger partial charge in [0.2, 0.25) is 0 Å². The van der Waals surface area contributed by atoms with E-state index in [4.69, 9.17) is 0 Å². The quantitative estimate of drug-likeness (QED) is 0.654. The molecule has 2 heterocycles. The van der Waals surface area contributed by atoms with Gasteiger partial charge in [-0.05, 0) is 99.7 Å². The zero-order valence-electron chi connectivity index (χ0n) is 20.0. The van der Waals surface area contributed by atoms with E-state index in [-0.39, 0.29) is 5.92 Å².